The Bertz CT molecular complexity index is 1240. The van der Waals surface area contributed by atoms with E-state index in [0.717, 1.165) is 53.5 Å². The van der Waals surface area contributed by atoms with Crippen LogP contribution >= 0.6 is 0 Å². The van der Waals surface area contributed by atoms with E-state index < -0.39 is 6.10 Å². The van der Waals surface area contributed by atoms with Crippen LogP contribution in [0.15, 0.2) is 66.7 Å². The largest absolute Gasteiger partial charge is 0.387 e. The number of aromatic nitrogens is 2. The van der Waals surface area contributed by atoms with Crippen molar-refractivity contribution in [2.75, 3.05) is 19.6 Å². The quantitative estimate of drug-likeness (QED) is 0.494. The monoisotopic (exact) mass is 414 g/mol. The zero-order valence-corrected chi connectivity index (χ0v) is 17.9. The SMILES string of the molecule is N=c1n(CCN2CCCCC2)c2ccccc2n1CC(O)c1cccc2ccccc12. The molecule has 1 aliphatic rings. The first-order valence-corrected chi connectivity index (χ1v) is 11.3. The second-order valence-electron chi connectivity index (χ2n) is 8.56. The van der Waals surface area contributed by atoms with Gasteiger partial charge in [0.05, 0.1) is 23.7 Å². The molecule has 0 radical (unpaired) electrons. The van der Waals surface area contributed by atoms with Gasteiger partial charge in [-0.05, 0) is 54.4 Å². The number of imidazole rings is 1. The van der Waals surface area contributed by atoms with Crippen LogP contribution in [-0.2, 0) is 13.1 Å². The highest BCUT2D eigenvalue weighted by Gasteiger charge is 2.17. The lowest BCUT2D eigenvalue weighted by Gasteiger charge is -2.26. The van der Waals surface area contributed by atoms with E-state index in [9.17, 15) is 5.11 Å². The van der Waals surface area contributed by atoms with Crippen molar-refractivity contribution in [3.05, 3.63) is 77.9 Å². The Labute approximate surface area is 182 Å². The van der Waals surface area contributed by atoms with Gasteiger partial charge < -0.3 is 19.1 Å². The van der Waals surface area contributed by atoms with Crippen molar-refractivity contribution >= 4 is 21.8 Å². The Kier molecular flexibility index (Phi) is 5.62. The van der Waals surface area contributed by atoms with Crippen molar-refractivity contribution in [1.82, 2.24) is 14.0 Å². The molecule has 2 heterocycles. The van der Waals surface area contributed by atoms with Crippen molar-refractivity contribution < 1.29 is 5.11 Å². The first-order valence-electron chi connectivity index (χ1n) is 11.3. The minimum absolute atomic E-state index is 0.365. The van der Waals surface area contributed by atoms with Gasteiger partial charge in [0, 0.05) is 13.1 Å². The molecule has 0 spiro atoms. The highest BCUT2D eigenvalue weighted by molar-refractivity contribution is 5.86. The lowest BCUT2D eigenvalue weighted by molar-refractivity contribution is 0.157. The number of rotatable bonds is 6. The van der Waals surface area contributed by atoms with Gasteiger partial charge in [0.15, 0.2) is 0 Å². The summed E-state index contributed by atoms with van der Waals surface area (Å²) in [5.74, 6) is 0. The van der Waals surface area contributed by atoms with E-state index in [1.807, 2.05) is 41.0 Å². The third-order valence-electron chi connectivity index (χ3n) is 6.60. The predicted molar refractivity (Wildman–Crippen MR) is 125 cm³/mol. The van der Waals surface area contributed by atoms with Crippen LogP contribution in [0.4, 0.5) is 0 Å². The standard InChI is InChI=1S/C26H30N4O/c27-26-29(18-17-28-15-6-1-7-16-28)23-13-4-5-14-24(23)30(26)19-25(31)22-12-8-10-20-9-2-3-11-21(20)22/h2-5,8-14,25,27,31H,1,6-7,15-19H2. The minimum atomic E-state index is -0.679. The maximum atomic E-state index is 11.2. The average molecular weight is 415 g/mol. The summed E-state index contributed by atoms with van der Waals surface area (Å²) in [5, 5.41) is 22.3. The molecule has 1 fully saturated rings. The first-order chi connectivity index (χ1) is 15.2. The fourth-order valence-corrected chi connectivity index (χ4v) is 4.94. The molecule has 0 aliphatic carbocycles. The first kappa shape index (κ1) is 20.0. The van der Waals surface area contributed by atoms with Gasteiger partial charge in [0.2, 0.25) is 5.62 Å². The van der Waals surface area contributed by atoms with Crippen LogP contribution < -0.4 is 5.62 Å². The Morgan fingerprint density at radius 3 is 2.26 bits per heavy atom. The van der Waals surface area contributed by atoms with Crippen LogP contribution in [0.3, 0.4) is 0 Å². The van der Waals surface area contributed by atoms with Crippen molar-refractivity contribution in [2.24, 2.45) is 0 Å². The number of nitrogens with one attached hydrogen (secondary N) is 1. The number of aliphatic hydroxyl groups excluding tert-OH is 1. The molecule has 1 saturated heterocycles. The summed E-state index contributed by atoms with van der Waals surface area (Å²) in [5.41, 5.74) is 3.44. The summed E-state index contributed by atoms with van der Waals surface area (Å²) < 4.78 is 4.05. The number of aliphatic hydroxyl groups is 1. The van der Waals surface area contributed by atoms with E-state index in [0.29, 0.717) is 12.2 Å². The molecular formula is C26H30N4O. The molecule has 0 amide bonds. The average Bonchev–Trinajstić information content (AvgIpc) is 3.08. The lowest BCUT2D eigenvalue weighted by Crippen LogP contribution is -2.35. The van der Waals surface area contributed by atoms with Gasteiger partial charge in [-0.3, -0.25) is 5.41 Å². The van der Waals surface area contributed by atoms with Crippen LogP contribution in [-0.4, -0.2) is 38.8 Å². The van der Waals surface area contributed by atoms with Gasteiger partial charge >= 0.3 is 0 Å². The Balaban J connectivity index is 1.47. The van der Waals surface area contributed by atoms with Crippen LogP contribution in [0.1, 0.15) is 30.9 Å². The van der Waals surface area contributed by atoms with Crippen molar-refractivity contribution in [3.8, 4) is 0 Å². The molecule has 2 N–H and O–H groups in total. The number of piperidine rings is 1. The molecule has 1 unspecified atom stereocenters. The normalized spacial score (nSPS) is 16.2. The second-order valence-corrected chi connectivity index (χ2v) is 8.56. The number of para-hydroxylation sites is 2. The van der Waals surface area contributed by atoms with E-state index in [-0.39, 0.29) is 0 Å². The molecule has 5 heteroatoms. The highest BCUT2D eigenvalue weighted by Crippen LogP contribution is 2.26. The molecule has 1 aliphatic heterocycles. The molecule has 0 saturated carbocycles. The van der Waals surface area contributed by atoms with E-state index in [4.69, 9.17) is 5.41 Å². The Morgan fingerprint density at radius 2 is 1.45 bits per heavy atom. The maximum absolute atomic E-state index is 11.2. The predicted octanol–water partition coefficient (Wildman–Crippen LogP) is 4.29. The molecule has 1 atom stereocenters. The summed E-state index contributed by atoms with van der Waals surface area (Å²) >= 11 is 0. The molecule has 160 valence electrons. The van der Waals surface area contributed by atoms with Crippen LogP contribution in [0.2, 0.25) is 0 Å². The molecule has 1 aromatic heterocycles. The van der Waals surface area contributed by atoms with E-state index >= 15 is 0 Å². The van der Waals surface area contributed by atoms with E-state index in [2.05, 4.69) is 39.8 Å². The topological polar surface area (TPSA) is 57.2 Å². The summed E-state index contributed by atoms with van der Waals surface area (Å²) in [6, 6.07) is 22.4. The number of hydrogen-bond acceptors (Lipinski definition) is 3. The summed E-state index contributed by atoms with van der Waals surface area (Å²) in [6.07, 6.45) is 3.20. The molecule has 5 nitrogen and oxygen atoms in total. The van der Waals surface area contributed by atoms with Gasteiger partial charge in [0.1, 0.15) is 0 Å². The molecule has 4 aromatic rings. The van der Waals surface area contributed by atoms with E-state index in [1.165, 1.54) is 19.3 Å². The molecule has 5 rings (SSSR count). The van der Waals surface area contributed by atoms with Crippen molar-refractivity contribution in [2.45, 2.75) is 38.5 Å². The highest BCUT2D eigenvalue weighted by atomic mass is 16.3. The zero-order chi connectivity index (χ0) is 21.2. The third kappa shape index (κ3) is 3.91. The van der Waals surface area contributed by atoms with Crippen LogP contribution in [0, 0.1) is 5.41 Å². The van der Waals surface area contributed by atoms with Gasteiger partial charge in [-0.2, -0.15) is 0 Å². The van der Waals surface area contributed by atoms with Crippen molar-refractivity contribution in [1.29, 1.82) is 5.41 Å². The van der Waals surface area contributed by atoms with Gasteiger partial charge in [-0.15, -0.1) is 0 Å². The second kappa shape index (κ2) is 8.69. The smallest absolute Gasteiger partial charge is 0.203 e. The van der Waals surface area contributed by atoms with Crippen LogP contribution in [0.25, 0.3) is 21.8 Å². The van der Waals surface area contributed by atoms with Gasteiger partial charge in [0.25, 0.3) is 0 Å². The number of fused-ring (bicyclic) bond motifs is 2. The lowest BCUT2D eigenvalue weighted by atomic mass is 10.0. The Morgan fingerprint density at radius 1 is 0.774 bits per heavy atom. The summed E-state index contributed by atoms with van der Waals surface area (Å²) in [7, 11) is 0. The third-order valence-corrected chi connectivity index (χ3v) is 6.60. The fourth-order valence-electron chi connectivity index (χ4n) is 4.94. The van der Waals surface area contributed by atoms with Gasteiger partial charge in [-0.25, -0.2) is 0 Å². The summed E-state index contributed by atoms with van der Waals surface area (Å²) in [6.45, 7) is 4.45. The Hall–Kier alpha value is -2.89. The zero-order valence-electron chi connectivity index (χ0n) is 17.9. The maximum Gasteiger partial charge on any atom is 0.203 e. The number of benzene rings is 3. The van der Waals surface area contributed by atoms with Crippen molar-refractivity contribution in [3.63, 3.8) is 0 Å². The van der Waals surface area contributed by atoms with E-state index in [1.54, 1.807) is 0 Å². The fraction of sp³-hybridized carbons (Fsp3) is 0.346. The molecule has 3 aromatic carbocycles. The number of nitrogens with zero attached hydrogens (tertiary/aromatic N) is 3. The number of hydrogen-bond donors (Lipinski definition) is 2. The molecular weight excluding hydrogens is 384 g/mol. The minimum Gasteiger partial charge on any atom is -0.387 e. The number of likely N-dealkylation sites (tertiary alicyclic amines) is 1. The van der Waals surface area contributed by atoms with Crippen LogP contribution in [0.5, 0.6) is 0 Å². The van der Waals surface area contributed by atoms with Gasteiger partial charge in [-0.1, -0.05) is 61.0 Å². The molecule has 31 heavy (non-hydrogen) atoms. The summed E-state index contributed by atoms with van der Waals surface area (Å²) in [4.78, 5) is 2.51. The molecule has 0 bridgehead atoms.